The number of aryl methyl sites for hydroxylation is 1. The van der Waals surface area contributed by atoms with Gasteiger partial charge in [-0.3, -0.25) is 4.98 Å². The molecule has 9 rings (SSSR count). The number of nitrogens with zero attached hydrogens (tertiary/aromatic N) is 5. The first-order chi connectivity index (χ1) is 24.7. The molecule has 236 valence electrons. The molecule has 5 heteroatoms. The molecule has 0 aliphatic heterocycles. The molecule has 0 N–H and O–H groups in total. The Bertz CT molecular complexity index is 2590. The van der Waals surface area contributed by atoms with Gasteiger partial charge in [0.2, 0.25) is 0 Å². The molecular formula is C45H31N5. The number of fused-ring (bicyclic) bond motifs is 3. The van der Waals surface area contributed by atoms with Gasteiger partial charge in [-0.2, -0.15) is 0 Å². The molecule has 0 unspecified atom stereocenters. The lowest BCUT2D eigenvalue weighted by Crippen LogP contribution is -2.04. The van der Waals surface area contributed by atoms with Crippen LogP contribution in [0.25, 0.3) is 83.9 Å². The van der Waals surface area contributed by atoms with Crippen molar-refractivity contribution < 1.29 is 0 Å². The van der Waals surface area contributed by atoms with Crippen molar-refractivity contribution in [3.8, 4) is 62.1 Å². The lowest BCUT2D eigenvalue weighted by atomic mass is 10.0. The van der Waals surface area contributed by atoms with Gasteiger partial charge in [0, 0.05) is 39.9 Å². The number of hydrogen-bond acceptors (Lipinski definition) is 4. The molecule has 0 spiro atoms. The van der Waals surface area contributed by atoms with E-state index < -0.39 is 0 Å². The molecule has 0 saturated carbocycles. The highest BCUT2D eigenvalue weighted by Crippen LogP contribution is 2.39. The summed E-state index contributed by atoms with van der Waals surface area (Å²) in [5, 5.41) is 2.37. The van der Waals surface area contributed by atoms with Gasteiger partial charge < -0.3 is 4.57 Å². The number of benzene rings is 6. The van der Waals surface area contributed by atoms with Crippen molar-refractivity contribution in [2.24, 2.45) is 0 Å². The van der Waals surface area contributed by atoms with Crippen molar-refractivity contribution >= 4 is 21.8 Å². The van der Waals surface area contributed by atoms with Crippen molar-refractivity contribution in [3.63, 3.8) is 0 Å². The largest absolute Gasteiger partial charge is 0.308 e. The van der Waals surface area contributed by atoms with E-state index in [0.29, 0.717) is 17.5 Å². The summed E-state index contributed by atoms with van der Waals surface area (Å²) >= 11 is 0. The van der Waals surface area contributed by atoms with Crippen LogP contribution in [0.5, 0.6) is 0 Å². The summed E-state index contributed by atoms with van der Waals surface area (Å²) in [4.78, 5) is 19.6. The lowest BCUT2D eigenvalue weighted by molar-refractivity contribution is 1.06. The van der Waals surface area contributed by atoms with Gasteiger partial charge >= 0.3 is 0 Å². The summed E-state index contributed by atoms with van der Waals surface area (Å²) in [6, 6.07) is 55.0. The monoisotopic (exact) mass is 641 g/mol. The van der Waals surface area contributed by atoms with Crippen LogP contribution in [0, 0.1) is 6.92 Å². The molecule has 0 fully saturated rings. The Labute approximate surface area is 290 Å². The first-order valence-corrected chi connectivity index (χ1v) is 16.7. The Morgan fingerprint density at radius 3 is 1.70 bits per heavy atom. The van der Waals surface area contributed by atoms with Gasteiger partial charge in [-0.05, 0) is 65.6 Å². The standard InChI is InChI=1S/C45H31N5/c1-30-11-10-16-34(27-30)36-19-21-38-37-17-8-9-18-40(37)50(42(38)29-36)41-22-20-35(31-23-25-46-26-24-31)28-39(41)45-48-43(32-12-4-2-5-13-32)47-44(49-45)33-14-6-3-7-15-33/h2-29H,1H3. The van der Waals surface area contributed by atoms with Crippen molar-refractivity contribution in [2.45, 2.75) is 6.92 Å². The van der Waals surface area contributed by atoms with E-state index >= 15 is 0 Å². The quantitative estimate of drug-likeness (QED) is 0.181. The van der Waals surface area contributed by atoms with Crippen LogP contribution in [0.15, 0.2) is 170 Å². The first kappa shape index (κ1) is 29.4. The molecule has 0 aliphatic rings. The molecule has 9 aromatic rings. The normalized spacial score (nSPS) is 11.3. The topological polar surface area (TPSA) is 56.5 Å². The molecule has 0 radical (unpaired) electrons. The van der Waals surface area contributed by atoms with E-state index in [4.69, 9.17) is 15.0 Å². The summed E-state index contributed by atoms with van der Waals surface area (Å²) < 4.78 is 2.36. The summed E-state index contributed by atoms with van der Waals surface area (Å²) in [5.41, 5.74) is 11.7. The van der Waals surface area contributed by atoms with Gasteiger partial charge in [0.15, 0.2) is 17.5 Å². The van der Waals surface area contributed by atoms with Gasteiger partial charge in [0.05, 0.1) is 16.7 Å². The molecular weight excluding hydrogens is 611 g/mol. The molecule has 0 amide bonds. The molecule has 5 nitrogen and oxygen atoms in total. The van der Waals surface area contributed by atoms with E-state index in [1.54, 1.807) is 0 Å². The second kappa shape index (κ2) is 12.4. The third-order valence-corrected chi connectivity index (χ3v) is 9.22. The summed E-state index contributed by atoms with van der Waals surface area (Å²) in [6.07, 6.45) is 3.65. The van der Waals surface area contributed by atoms with Crippen LogP contribution in [-0.4, -0.2) is 24.5 Å². The van der Waals surface area contributed by atoms with Crippen molar-refractivity contribution in [2.75, 3.05) is 0 Å². The Kier molecular flexibility index (Phi) is 7.29. The Hall–Kier alpha value is -6.72. The van der Waals surface area contributed by atoms with E-state index in [-0.39, 0.29) is 0 Å². The van der Waals surface area contributed by atoms with Crippen LogP contribution < -0.4 is 0 Å². The zero-order chi connectivity index (χ0) is 33.4. The zero-order valence-corrected chi connectivity index (χ0v) is 27.4. The number of pyridine rings is 1. The predicted octanol–water partition coefficient (Wildman–Crippen LogP) is 11.0. The van der Waals surface area contributed by atoms with Crippen LogP contribution in [0.4, 0.5) is 0 Å². The molecule has 50 heavy (non-hydrogen) atoms. The predicted molar refractivity (Wildman–Crippen MR) is 204 cm³/mol. The van der Waals surface area contributed by atoms with E-state index in [2.05, 4.69) is 101 Å². The fourth-order valence-electron chi connectivity index (χ4n) is 6.80. The summed E-state index contributed by atoms with van der Waals surface area (Å²) in [6.45, 7) is 2.14. The molecule has 0 aliphatic carbocycles. The smallest absolute Gasteiger partial charge is 0.166 e. The third-order valence-electron chi connectivity index (χ3n) is 9.22. The van der Waals surface area contributed by atoms with Crippen molar-refractivity contribution in [1.82, 2.24) is 24.5 Å². The number of hydrogen-bond donors (Lipinski definition) is 0. The lowest BCUT2D eigenvalue weighted by Gasteiger charge is -2.16. The fraction of sp³-hybridized carbons (Fsp3) is 0.0222. The Morgan fingerprint density at radius 1 is 0.400 bits per heavy atom. The number of aromatic nitrogens is 5. The van der Waals surface area contributed by atoms with Crippen LogP contribution in [0.3, 0.4) is 0 Å². The summed E-state index contributed by atoms with van der Waals surface area (Å²) in [5.74, 6) is 1.85. The van der Waals surface area contributed by atoms with Gasteiger partial charge in [0.1, 0.15) is 0 Å². The highest BCUT2D eigenvalue weighted by molar-refractivity contribution is 6.10. The first-order valence-electron chi connectivity index (χ1n) is 16.7. The molecule has 0 atom stereocenters. The van der Waals surface area contributed by atoms with E-state index in [1.807, 2.05) is 85.2 Å². The highest BCUT2D eigenvalue weighted by atomic mass is 15.1. The molecule has 0 saturated heterocycles. The molecule has 3 aromatic heterocycles. The maximum Gasteiger partial charge on any atom is 0.166 e. The van der Waals surface area contributed by atoms with Crippen LogP contribution in [0.1, 0.15) is 5.56 Å². The van der Waals surface area contributed by atoms with Gasteiger partial charge in [-0.25, -0.2) is 15.0 Å². The average molecular weight is 642 g/mol. The minimum Gasteiger partial charge on any atom is -0.308 e. The van der Waals surface area contributed by atoms with Crippen LogP contribution >= 0.6 is 0 Å². The van der Waals surface area contributed by atoms with Gasteiger partial charge in [-0.1, -0.05) is 127 Å². The molecule has 6 aromatic carbocycles. The zero-order valence-electron chi connectivity index (χ0n) is 27.4. The maximum atomic E-state index is 5.19. The van der Waals surface area contributed by atoms with E-state index in [1.165, 1.54) is 21.9 Å². The molecule has 3 heterocycles. The number of rotatable bonds is 6. The van der Waals surface area contributed by atoms with Crippen molar-refractivity contribution in [1.29, 1.82) is 0 Å². The second-order valence-electron chi connectivity index (χ2n) is 12.5. The minimum atomic E-state index is 0.601. The number of para-hydroxylation sites is 1. The van der Waals surface area contributed by atoms with E-state index in [0.717, 1.165) is 50.1 Å². The average Bonchev–Trinajstić information content (AvgIpc) is 3.52. The third kappa shape index (κ3) is 5.31. The SMILES string of the molecule is Cc1cccc(-c2ccc3c4ccccc4n(-c4ccc(-c5ccncc5)cc4-c4nc(-c5ccccc5)nc(-c5ccccc5)n4)c3c2)c1. The van der Waals surface area contributed by atoms with Crippen LogP contribution in [-0.2, 0) is 0 Å². The fourth-order valence-corrected chi connectivity index (χ4v) is 6.80. The Morgan fingerprint density at radius 2 is 0.980 bits per heavy atom. The Balaban J connectivity index is 1.36. The molecule has 0 bridgehead atoms. The van der Waals surface area contributed by atoms with E-state index in [9.17, 15) is 0 Å². The minimum absolute atomic E-state index is 0.601. The highest BCUT2D eigenvalue weighted by Gasteiger charge is 2.20. The van der Waals surface area contributed by atoms with Crippen molar-refractivity contribution in [3.05, 3.63) is 176 Å². The maximum absolute atomic E-state index is 5.19. The second-order valence-corrected chi connectivity index (χ2v) is 12.5. The van der Waals surface area contributed by atoms with Gasteiger partial charge in [0.25, 0.3) is 0 Å². The van der Waals surface area contributed by atoms with Gasteiger partial charge in [-0.15, -0.1) is 0 Å². The van der Waals surface area contributed by atoms with Crippen LogP contribution in [0.2, 0.25) is 0 Å². The summed E-state index contributed by atoms with van der Waals surface area (Å²) in [7, 11) is 0.